The quantitative estimate of drug-likeness (QED) is 0.578. The van der Waals surface area contributed by atoms with E-state index in [0.717, 1.165) is 0 Å². The lowest BCUT2D eigenvalue weighted by molar-refractivity contribution is -0.401. The van der Waals surface area contributed by atoms with E-state index in [1.165, 1.54) is 31.6 Å². The van der Waals surface area contributed by atoms with E-state index in [9.17, 15) is 10.1 Å². The zero-order chi connectivity index (χ0) is 11.5. The second-order valence-corrected chi connectivity index (χ2v) is 2.84. The van der Waals surface area contributed by atoms with Gasteiger partial charge in [-0.25, -0.2) is 9.97 Å². The van der Waals surface area contributed by atoms with Crippen molar-refractivity contribution >= 4 is 5.88 Å². The molecule has 7 nitrogen and oxygen atoms in total. The van der Waals surface area contributed by atoms with E-state index >= 15 is 0 Å². The molecule has 0 aromatic carbocycles. The Bertz CT molecular complexity index is 506. The smallest absolute Gasteiger partial charge is 0.433 e. The molecule has 0 aliphatic heterocycles. The van der Waals surface area contributed by atoms with E-state index in [4.69, 9.17) is 9.15 Å². The van der Waals surface area contributed by atoms with Crippen LogP contribution in [0.1, 0.15) is 0 Å². The second kappa shape index (κ2) is 3.97. The van der Waals surface area contributed by atoms with E-state index in [1.807, 2.05) is 0 Å². The van der Waals surface area contributed by atoms with Gasteiger partial charge in [0.15, 0.2) is 17.3 Å². The molecule has 0 radical (unpaired) electrons. The number of nitrogens with zero attached hydrogens (tertiary/aromatic N) is 3. The minimum Gasteiger partial charge on any atom is -0.494 e. The number of hydrogen-bond acceptors (Lipinski definition) is 6. The summed E-state index contributed by atoms with van der Waals surface area (Å²) in [4.78, 5) is 17.7. The monoisotopic (exact) mass is 221 g/mol. The standard InChI is InChI=1S/C9H7N3O4/c1-15-6-4-10-9(11-5-6)7-2-3-8(16-7)12(13)14/h2-5H,1H3. The van der Waals surface area contributed by atoms with Crippen LogP contribution in [0.25, 0.3) is 11.6 Å². The average molecular weight is 221 g/mol. The lowest BCUT2D eigenvalue weighted by Crippen LogP contribution is -1.89. The number of methoxy groups -OCH3 is 1. The van der Waals surface area contributed by atoms with Crippen molar-refractivity contribution in [3.05, 3.63) is 34.6 Å². The molecule has 0 N–H and O–H groups in total. The van der Waals surface area contributed by atoms with E-state index in [2.05, 4.69) is 9.97 Å². The average Bonchev–Trinajstić information content (AvgIpc) is 2.78. The summed E-state index contributed by atoms with van der Waals surface area (Å²) in [6, 6.07) is 2.70. The first-order chi connectivity index (χ1) is 7.70. The minimum atomic E-state index is -0.618. The zero-order valence-electron chi connectivity index (χ0n) is 8.28. The third kappa shape index (κ3) is 1.83. The highest BCUT2D eigenvalue weighted by Crippen LogP contribution is 2.23. The first-order valence-electron chi connectivity index (χ1n) is 4.31. The normalized spacial score (nSPS) is 10.1. The maximum atomic E-state index is 10.4. The number of hydrogen-bond donors (Lipinski definition) is 0. The largest absolute Gasteiger partial charge is 0.494 e. The lowest BCUT2D eigenvalue weighted by Gasteiger charge is -1.98. The number of ether oxygens (including phenoxy) is 1. The fraction of sp³-hybridized carbons (Fsp3) is 0.111. The Labute approximate surface area is 89.9 Å². The van der Waals surface area contributed by atoms with Crippen molar-refractivity contribution in [1.29, 1.82) is 0 Å². The Hall–Kier alpha value is -2.44. The van der Waals surface area contributed by atoms with Crippen molar-refractivity contribution in [2.75, 3.05) is 7.11 Å². The van der Waals surface area contributed by atoms with Crippen LogP contribution in [0, 0.1) is 10.1 Å². The lowest BCUT2D eigenvalue weighted by atomic mass is 10.4. The molecule has 0 spiro atoms. The number of aromatic nitrogens is 2. The van der Waals surface area contributed by atoms with E-state index < -0.39 is 4.92 Å². The van der Waals surface area contributed by atoms with Crippen molar-refractivity contribution in [3.8, 4) is 17.3 Å². The Morgan fingerprint density at radius 2 is 2.06 bits per heavy atom. The van der Waals surface area contributed by atoms with Gasteiger partial charge in [-0.15, -0.1) is 0 Å². The predicted octanol–water partition coefficient (Wildman–Crippen LogP) is 1.65. The van der Waals surface area contributed by atoms with Gasteiger partial charge in [-0.2, -0.15) is 0 Å². The summed E-state index contributed by atoms with van der Waals surface area (Å²) in [5.41, 5.74) is 0. The molecule has 0 bridgehead atoms. The van der Waals surface area contributed by atoms with Gasteiger partial charge < -0.3 is 9.15 Å². The van der Waals surface area contributed by atoms with Gasteiger partial charge in [0, 0.05) is 0 Å². The molecule has 0 unspecified atom stereocenters. The molecule has 16 heavy (non-hydrogen) atoms. The van der Waals surface area contributed by atoms with Crippen molar-refractivity contribution in [2.24, 2.45) is 0 Å². The first kappa shape index (κ1) is 10.1. The van der Waals surface area contributed by atoms with Crippen LogP contribution in [-0.4, -0.2) is 22.0 Å². The molecular weight excluding hydrogens is 214 g/mol. The Morgan fingerprint density at radius 1 is 1.38 bits per heavy atom. The van der Waals surface area contributed by atoms with Crippen LogP contribution in [0.15, 0.2) is 28.9 Å². The molecule has 0 aliphatic carbocycles. The summed E-state index contributed by atoms with van der Waals surface area (Å²) in [5, 5.41) is 10.4. The van der Waals surface area contributed by atoms with Gasteiger partial charge in [-0.3, -0.25) is 10.1 Å². The van der Waals surface area contributed by atoms with Gasteiger partial charge in [0.2, 0.25) is 0 Å². The topological polar surface area (TPSA) is 91.3 Å². The van der Waals surface area contributed by atoms with E-state index in [0.29, 0.717) is 5.75 Å². The van der Waals surface area contributed by atoms with Crippen LogP contribution in [0.2, 0.25) is 0 Å². The maximum absolute atomic E-state index is 10.4. The van der Waals surface area contributed by atoms with Gasteiger partial charge in [0.25, 0.3) is 0 Å². The third-order valence-electron chi connectivity index (χ3n) is 1.86. The fourth-order valence-electron chi connectivity index (χ4n) is 1.09. The summed E-state index contributed by atoms with van der Waals surface area (Å²) < 4.78 is 9.82. The Balaban J connectivity index is 2.31. The molecule has 7 heteroatoms. The zero-order valence-corrected chi connectivity index (χ0v) is 8.28. The number of furan rings is 1. The maximum Gasteiger partial charge on any atom is 0.433 e. The summed E-state index contributed by atoms with van der Waals surface area (Å²) in [5.74, 6) is 0.683. The van der Waals surface area contributed by atoms with Crippen molar-refractivity contribution in [3.63, 3.8) is 0 Å². The molecule has 0 aliphatic rings. The molecule has 2 rings (SSSR count). The van der Waals surface area contributed by atoms with E-state index in [-0.39, 0.29) is 17.5 Å². The molecule has 0 atom stereocenters. The predicted molar refractivity (Wildman–Crippen MR) is 52.9 cm³/mol. The summed E-state index contributed by atoms with van der Waals surface area (Å²) >= 11 is 0. The Kier molecular flexibility index (Phi) is 2.50. The van der Waals surface area contributed by atoms with Crippen LogP contribution < -0.4 is 4.74 Å². The molecule has 0 saturated carbocycles. The fourth-order valence-corrected chi connectivity index (χ4v) is 1.09. The van der Waals surface area contributed by atoms with Gasteiger partial charge in [0.1, 0.15) is 4.92 Å². The summed E-state index contributed by atoms with van der Waals surface area (Å²) in [7, 11) is 1.50. The van der Waals surface area contributed by atoms with Crippen LogP contribution in [0.4, 0.5) is 5.88 Å². The summed E-state index contributed by atoms with van der Waals surface area (Å²) in [6.45, 7) is 0. The molecule has 2 heterocycles. The third-order valence-corrected chi connectivity index (χ3v) is 1.86. The number of nitro groups is 1. The SMILES string of the molecule is COc1cnc(-c2ccc([N+](=O)[O-])o2)nc1. The molecule has 2 aromatic heterocycles. The van der Waals surface area contributed by atoms with Gasteiger partial charge in [0.05, 0.1) is 25.6 Å². The Morgan fingerprint density at radius 3 is 2.56 bits per heavy atom. The molecule has 82 valence electrons. The van der Waals surface area contributed by atoms with Gasteiger partial charge >= 0.3 is 5.88 Å². The second-order valence-electron chi connectivity index (χ2n) is 2.84. The molecular formula is C9H7N3O4. The van der Waals surface area contributed by atoms with Gasteiger partial charge in [-0.05, 0) is 6.07 Å². The first-order valence-corrected chi connectivity index (χ1v) is 4.31. The van der Waals surface area contributed by atoms with Crippen LogP contribution in [0.3, 0.4) is 0 Å². The molecule has 0 saturated heterocycles. The van der Waals surface area contributed by atoms with Crippen LogP contribution in [-0.2, 0) is 0 Å². The van der Waals surface area contributed by atoms with Crippen molar-refractivity contribution in [2.45, 2.75) is 0 Å². The number of rotatable bonds is 3. The van der Waals surface area contributed by atoms with Crippen LogP contribution >= 0.6 is 0 Å². The molecule has 2 aromatic rings. The highest BCUT2D eigenvalue weighted by molar-refractivity contribution is 5.48. The minimum absolute atomic E-state index is 0.245. The summed E-state index contributed by atoms with van der Waals surface area (Å²) in [6.07, 6.45) is 2.91. The van der Waals surface area contributed by atoms with Crippen molar-refractivity contribution < 1.29 is 14.1 Å². The molecule has 0 fully saturated rings. The van der Waals surface area contributed by atoms with E-state index in [1.54, 1.807) is 0 Å². The highest BCUT2D eigenvalue weighted by atomic mass is 16.6. The van der Waals surface area contributed by atoms with Crippen molar-refractivity contribution in [1.82, 2.24) is 9.97 Å². The molecule has 0 amide bonds. The van der Waals surface area contributed by atoms with Crippen LogP contribution in [0.5, 0.6) is 5.75 Å². The van der Waals surface area contributed by atoms with Gasteiger partial charge in [-0.1, -0.05) is 0 Å². The highest BCUT2D eigenvalue weighted by Gasteiger charge is 2.14.